The van der Waals surface area contributed by atoms with Crippen LogP contribution < -0.4 is 30.1 Å². The van der Waals surface area contributed by atoms with Crippen molar-refractivity contribution in [2.45, 2.75) is 104 Å². The molecule has 3 N–H and O–H groups in total. The zero-order valence-corrected chi connectivity index (χ0v) is 44.3. The first-order chi connectivity index (χ1) is 37.0. The highest BCUT2D eigenvalue weighted by molar-refractivity contribution is 6.23. The van der Waals surface area contributed by atoms with Gasteiger partial charge in [0.25, 0.3) is 29.5 Å². The number of amides is 6. The molecule has 3 fully saturated rings. The van der Waals surface area contributed by atoms with Crippen molar-refractivity contribution >= 4 is 69.8 Å². The maximum Gasteiger partial charge on any atom is 0.276 e. The maximum atomic E-state index is 14.1. The molecule has 3 saturated heterocycles. The van der Waals surface area contributed by atoms with Crippen molar-refractivity contribution < 1.29 is 38.6 Å². The molecule has 1 aliphatic carbocycles. The van der Waals surface area contributed by atoms with E-state index in [0.29, 0.717) is 71.2 Å². The van der Waals surface area contributed by atoms with Crippen LogP contribution in [0.25, 0.3) is 11.3 Å². The molecule has 400 valence electrons. The average molecular weight is 1050 g/mol. The Hall–Kier alpha value is -7.97. The van der Waals surface area contributed by atoms with Crippen LogP contribution in [0.4, 0.5) is 34.4 Å². The quantitative estimate of drug-likeness (QED) is 0.0993. The molecule has 20 heteroatoms. The highest BCUT2D eigenvalue weighted by atomic mass is 16.5. The Morgan fingerprint density at radius 3 is 2.44 bits per heavy atom. The summed E-state index contributed by atoms with van der Waals surface area (Å²) in [5.41, 5.74) is 8.06. The summed E-state index contributed by atoms with van der Waals surface area (Å²) in [6.45, 7) is 16.2. The van der Waals surface area contributed by atoms with Gasteiger partial charge in [0, 0.05) is 105 Å². The number of pyridine rings is 1. The number of rotatable bonds is 12. The molecule has 2 aromatic carbocycles. The number of imide groups is 2. The maximum absolute atomic E-state index is 14.1. The van der Waals surface area contributed by atoms with Crippen molar-refractivity contribution in [2.24, 2.45) is 5.41 Å². The summed E-state index contributed by atoms with van der Waals surface area (Å²) < 4.78 is 7.82. The van der Waals surface area contributed by atoms with Gasteiger partial charge in [0.15, 0.2) is 5.82 Å². The van der Waals surface area contributed by atoms with E-state index in [0.717, 1.165) is 66.5 Å². The highest BCUT2D eigenvalue weighted by Gasteiger charge is 2.47. The van der Waals surface area contributed by atoms with E-state index in [2.05, 4.69) is 74.1 Å². The molecule has 20 nitrogen and oxygen atoms in total. The van der Waals surface area contributed by atoms with Crippen molar-refractivity contribution in [3.8, 4) is 17.1 Å². The molecule has 0 spiro atoms. The van der Waals surface area contributed by atoms with Crippen LogP contribution in [-0.2, 0) is 40.4 Å². The molecule has 6 aliphatic rings. The number of benzene rings is 2. The van der Waals surface area contributed by atoms with Crippen molar-refractivity contribution in [3.05, 3.63) is 107 Å². The number of likely N-dealkylation sites (tertiary alicyclic amines) is 1. The standard InChI is InChI=1S/C57H64N12O8/c1-8-48(71)61-42-25-35(60-50-52(77-7)59-29-43(62-50)38-15-17-58-51(41(38)31-70)68-22-21-67-46(56(68)76)24-34-27-57(4,5)28-47(34)67)9-12-44(42)66-20-19-64(30-33(66)3)36-16-18-65(32(2)23-36)37-10-11-39-40(26-37)54(74)69(53(39)73)45-13-14-49(72)63(6)55(45)75/h8-12,15,17,24-26,29,32-33,36,45,70H,1,13-14,16,18-23,27-28,30-31H2,2-7H3,(H,60,62)(H,61,71)/t32-,33+,36?,45?/m1/s1. The van der Waals surface area contributed by atoms with Gasteiger partial charge in [-0.15, -0.1) is 0 Å². The first-order valence-corrected chi connectivity index (χ1v) is 26.4. The summed E-state index contributed by atoms with van der Waals surface area (Å²) in [6, 6.07) is 14.3. The molecule has 2 unspecified atom stereocenters. The SMILES string of the molecule is C=CC(=O)Nc1cc(Nc2nc(-c3ccnc(N4CCn5c(cc6c5CC(C)(C)C6)C4=O)c3CO)cnc2OC)ccc1N1CCN(C2CCN(c3ccc4c(c3)C(=O)N(C3CCC(=O)N(C)C3=O)C4=O)[C@H](C)C2)C[C@@H]1C. The van der Waals surface area contributed by atoms with Gasteiger partial charge in [-0.1, -0.05) is 20.4 Å². The Morgan fingerprint density at radius 1 is 0.883 bits per heavy atom. The Balaban J connectivity index is 0.770. The minimum atomic E-state index is -1.00. The second-order valence-electron chi connectivity index (χ2n) is 21.9. The minimum absolute atomic E-state index is 0.0694. The van der Waals surface area contributed by atoms with Crippen molar-refractivity contribution in [1.29, 1.82) is 0 Å². The summed E-state index contributed by atoms with van der Waals surface area (Å²) in [7, 11) is 2.88. The molecule has 8 heterocycles. The second kappa shape index (κ2) is 19.9. The summed E-state index contributed by atoms with van der Waals surface area (Å²) in [5, 5.41) is 17.3. The second-order valence-corrected chi connectivity index (χ2v) is 21.9. The molecule has 5 aromatic rings. The van der Waals surface area contributed by atoms with Gasteiger partial charge in [-0.2, -0.15) is 0 Å². The molecule has 4 atom stereocenters. The van der Waals surface area contributed by atoms with E-state index < -0.39 is 30.4 Å². The van der Waals surface area contributed by atoms with Crippen LogP contribution in [0.3, 0.4) is 0 Å². The van der Waals surface area contributed by atoms with Crippen molar-refractivity contribution in [2.75, 3.05) is 72.2 Å². The van der Waals surface area contributed by atoms with Crippen LogP contribution in [0.2, 0.25) is 0 Å². The topological polar surface area (TPSA) is 219 Å². The number of hydrogen-bond donors (Lipinski definition) is 3. The van der Waals surface area contributed by atoms with Crippen LogP contribution >= 0.6 is 0 Å². The predicted molar refractivity (Wildman–Crippen MR) is 290 cm³/mol. The lowest BCUT2D eigenvalue weighted by Gasteiger charge is -2.48. The lowest BCUT2D eigenvalue weighted by Crippen LogP contribution is -2.58. The van der Waals surface area contributed by atoms with Crippen LogP contribution in [0.5, 0.6) is 5.88 Å². The van der Waals surface area contributed by atoms with Crippen LogP contribution in [0.1, 0.15) is 101 Å². The number of piperidine rings is 2. The third kappa shape index (κ3) is 9.05. The van der Waals surface area contributed by atoms with E-state index in [9.17, 15) is 33.9 Å². The Morgan fingerprint density at radius 2 is 1.69 bits per heavy atom. The summed E-state index contributed by atoms with van der Waals surface area (Å²) in [4.78, 5) is 104. The molecule has 0 radical (unpaired) electrons. The molecule has 3 aromatic heterocycles. The number of piperazine rings is 1. The number of carbonyl (C=O) groups excluding carboxylic acids is 6. The van der Waals surface area contributed by atoms with Gasteiger partial charge in [-0.25, -0.2) is 15.0 Å². The number of likely N-dealkylation sites (N-methyl/N-ethyl adjacent to an activating group) is 1. The van der Waals surface area contributed by atoms with Crippen LogP contribution in [0.15, 0.2) is 73.6 Å². The molecule has 77 heavy (non-hydrogen) atoms. The van der Waals surface area contributed by atoms with Gasteiger partial charge in [0.1, 0.15) is 17.6 Å². The van der Waals surface area contributed by atoms with Crippen molar-refractivity contribution in [1.82, 2.24) is 34.2 Å². The number of methoxy groups -OCH3 is 1. The highest BCUT2D eigenvalue weighted by Crippen LogP contribution is 2.42. The van der Waals surface area contributed by atoms with Gasteiger partial charge in [0.2, 0.25) is 11.8 Å². The average Bonchev–Trinajstić information content (AvgIpc) is 4.04. The monoisotopic (exact) mass is 1040 g/mol. The molecular formula is C57H64N12O8. The van der Waals surface area contributed by atoms with Gasteiger partial charge < -0.3 is 34.8 Å². The molecular weight excluding hydrogens is 981 g/mol. The van der Waals surface area contributed by atoms with E-state index in [4.69, 9.17) is 9.72 Å². The third-order valence-corrected chi connectivity index (χ3v) is 16.5. The lowest BCUT2D eigenvalue weighted by molar-refractivity contribution is -0.149. The number of nitrogens with one attached hydrogen (secondary N) is 2. The number of aromatic nitrogens is 4. The third-order valence-electron chi connectivity index (χ3n) is 16.5. The van der Waals surface area contributed by atoms with Crippen LogP contribution in [-0.4, -0.2) is 146 Å². The fraction of sp³-hybridized carbons (Fsp3) is 0.421. The Labute approximate surface area is 446 Å². The Kier molecular flexibility index (Phi) is 13.2. The minimum Gasteiger partial charge on any atom is -0.478 e. The number of anilines is 6. The number of ether oxygens (including phenoxy) is 1. The molecule has 5 aliphatic heterocycles. The largest absolute Gasteiger partial charge is 0.478 e. The normalized spacial score (nSPS) is 22.3. The van der Waals surface area contributed by atoms with Crippen molar-refractivity contribution in [3.63, 3.8) is 0 Å². The predicted octanol–water partition coefficient (Wildman–Crippen LogP) is 5.81. The van der Waals surface area contributed by atoms with E-state index in [1.807, 2.05) is 30.3 Å². The molecule has 11 rings (SSSR count). The number of fused-ring (bicyclic) bond motifs is 4. The number of carbonyl (C=O) groups is 6. The van der Waals surface area contributed by atoms with E-state index >= 15 is 0 Å². The first-order valence-electron chi connectivity index (χ1n) is 26.4. The molecule has 0 bridgehead atoms. The van der Waals surface area contributed by atoms with Gasteiger partial charge in [-0.3, -0.25) is 48.4 Å². The van der Waals surface area contributed by atoms with E-state index in [-0.39, 0.29) is 65.1 Å². The van der Waals surface area contributed by atoms with Gasteiger partial charge >= 0.3 is 0 Å². The fourth-order valence-corrected chi connectivity index (χ4v) is 12.6. The Bertz CT molecular complexity index is 3300. The number of aliphatic hydroxyl groups excluding tert-OH is 1. The number of nitrogens with zero attached hydrogens (tertiary/aromatic N) is 10. The zero-order valence-electron chi connectivity index (χ0n) is 44.3. The summed E-state index contributed by atoms with van der Waals surface area (Å²) >= 11 is 0. The summed E-state index contributed by atoms with van der Waals surface area (Å²) in [5.74, 6) is -1.54. The number of hydrogen-bond acceptors (Lipinski definition) is 15. The first kappa shape index (κ1) is 51.2. The van der Waals surface area contributed by atoms with Crippen LogP contribution in [0, 0.1) is 5.41 Å². The van der Waals surface area contributed by atoms with Gasteiger partial charge in [0.05, 0.1) is 48.1 Å². The molecule has 6 amide bonds. The lowest BCUT2D eigenvalue weighted by atomic mass is 9.90. The summed E-state index contributed by atoms with van der Waals surface area (Å²) in [6.07, 6.45) is 8.21. The zero-order chi connectivity index (χ0) is 54.2. The number of aliphatic hydroxyl groups is 1. The smallest absolute Gasteiger partial charge is 0.276 e. The fourth-order valence-electron chi connectivity index (χ4n) is 12.6. The van der Waals surface area contributed by atoms with E-state index in [1.54, 1.807) is 35.5 Å². The van der Waals surface area contributed by atoms with Gasteiger partial charge in [-0.05, 0) is 112 Å². The molecule has 0 saturated carbocycles. The van der Waals surface area contributed by atoms with E-state index in [1.165, 1.54) is 31.5 Å².